The van der Waals surface area contributed by atoms with Crippen LogP contribution in [0.1, 0.15) is 37.6 Å². The van der Waals surface area contributed by atoms with Crippen LogP contribution in [0.15, 0.2) is 16.6 Å². The monoisotopic (exact) mass is 326 g/mol. The first-order valence-electron chi connectivity index (χ1n) is 5.29. The lowest BCUT2D eigenvalue weighted by atomic mass is 9.94. The predicted molar refractivity (Wildman–Crippen MR) is 71.8 cm³/mol. The summed E-state index contributed by atoms with van der Waals surface area (Å²) < 4.78 is 14.3. The molecule has 90 valence electrons. The first-order chi connectivity index (χ1) is 7.51. The van der Waals surface area contributed by atoms with E-state index in [9.17, 15) is 4.39 Å². The van der Waals surface area contributed by atoms with Crippen molar-refractivity contribution in [3.05, 3.63) is 33.0 Å². The average molecular weight is 328 g/mol. The van der Waals surface area contributed by atoms with Gasteiger partial charge in [0.15, 0.2) is 0 Å². The van der Waals surface area contributed by atoms with Gasteiger partial charge in [-0.05, 0) is 34.0 Å². The van der Waals surface area contributed by atoms with Crippen molar-refractivity contribution in [2.75, 3.05) is 0 Å². The van der Waals surface area contributed by atoms with Gasteiger partial charge >= 0.3 is 0 Å². The van der Waals surface area contributed by atoms with Crippen LogP contribution in [0, 0.1) is 11.7 Å². The Hall–Kier alpha value is 0.210. The lowest BCUT2D eigenvalue weighted by Gasteiger charge is -2.20. The Morgan fingerprint density at radius 3 is 2.38 bits per heavy atom. The lowest BCUT2D eigenvalue weighted by molar-refractivity contribution is 0.462. The number of benzene rings is 1. The van der Waals surface area contributed by atoms with Gasteiger partial charge in [-0.2, -0.15) is 0 Å². The van der Waals surface area contributed by atoms with E-state index >= 15 is 0 Å². The number of halogens is 4. The third kappa shape index (κ3) is 3.12. The van der Waals surface area contributed by atoms with E-state index in [0.29, 0.717) is 15.1 Å². The highest BCUT2D eigenvalue weighted by Gasteiger charge is 2.22. The van der Waals surface area contributed by atoms with Crippen LogP contribution >= 0.6 is 39.1 Å². The first kappa shape index (κ1) is 14.3. The summed E-state index contributed by atoms with van der Waals surface area (Å²) in [5.41, 5.74) is 0.489. The molecular weight excluding hydrogens is 314 g/mol. The van der Waals surface area contributed by atoms with Crippen molar-refractivity contribution in [2.45, 2.75) is 32.1 Å². The Balaban J connectivity index is 3.07. The highest BCUT2D eigenvalue weighted by molar-refractivity contribution is 9.10. The maximum Gasteiger partial charge on any atom is 0.129 e. The number of rotatable bonds is 4. The van der Waals surface area contributed by atoms with Gasteiger partial charge in [-0.25, -0.2) is 4.39 Å². The number of alkyl halides is 1. The maximum absolute atomic E-state index is 13.7. The van der Waals surface area contributed by atoms with Crippen molar-refractivity contribution >= 4 is 39.1 Å². The summed E-state index contributed by atoms with van der Waals surface area (Å²) in [5, 5.41) is 0.175. The molecule has 0 aliphatic carbocycles. The van der Waals surface area contributed by atoms with E-state index in [1.165, 1.54) is 6.07 Å². The van der Waals surface area contributed by atoms with Crippen molar-refractivity contribution in [1.82, 2.24) is 0 Å². The van der Waals surface area contributed by atoms with Gasteiger partial charge < -0.3 is 0 Å². The first-order valence-corrected chi connectivity index (χ1v) is 6.90. The molecule has 0 heterocycles. The van der Waals surface area contributed by atoms with E-state index in [0.717, 1.165) is 12.8 Å². The predicted octanol–water partition coefficient (Wildman–Crippen LogP) is 5.96. The largest absolute Gasteiger partial charge is 0.207 e. The molecule has 1 unspecified atom stereocenters. The van der Waals surface area contributed by atoms with Gasteiger partial charge in [-0.15, -0.1) is 11.6 Å². The fraction of sp³-hybridized carbons (Fsp3) is 0.500. The highest BCUT2D eigenvalue weighted by Crippen LogP contribution is 2.37. The maximum atomic E-state index is 13.7. The molecule has 1 atom stereocenters. The second-order valence-electron chi connectivity index (χ2n) is 3.77. The third-order valence-electron chi connectivity index (χ3n) is 2.80. The van der Waals surface area contributed by atoms with Crippen LogP contribution in [0.25, 0.3) is 0 Å². The van der Waals surface area contributed by atoms with Crippen molar-refractivity contribution in [3.8, 4) is 0 Å². The summed E-state index contributed by atoms with van der Waals surface area (Å²) in [7, 11) is 0. The van der Waals surface area contributed by atoms with Crippen molar-refractivity contribution < 1.29 is 4.39 Å². The van der Waals surface area contributed by atoms with E-state index in [1.807, 2.05) is 0 Å². The van der Waals surface area contributed by atoms with Crippen LogP contribution in [-0.4, -0.2) is 0 Å². The Kier molecular flexibility index (Phi) is 5.55. The molecule has 0 saturated heterocycles. The van der Waals surface area contributed by atoms with Crippen LogP contribution in [0.4, 0.5) is 4.39 Å². The quantitative estimate of drug-likeness (QED) is 0.473. The zero-order valence-electron chi connectivity index (χ0n) is 9.24. The van der Waals surface area contributed by atoms with Gasteiger partial charge in [-0.3, -0.25) is 0 Å². The molecule has 1 aromatic carbocycles. The second kappa shape index (κ2) is 6.23. The van der Waals surface area contributed by atoms with Gasteiger partial charge in [0.1, 0.15) is 5.82 Å². The molecular formula is C12H14BrCl2F. The SMILES string of the molecule is CCC(CC)C(Cl)c1cc(Cl)c(Br)cc1F. The molecule has 0 bridgehead atoms. The molecule has 0 aliphatic heterocycles. The molecule has 0 radical (unpaired) electrons. The van der Waals surface area contributed by atoms with E-state index in [-0.39, 0.29) is 17.1 Å². The Morgan fingerprint density at radius 2 is 1.88 bits per heavy atom. The summed E-state index contributed by atoms with van der Waals surface area (Å²) in [5.74, 6) is -0.0309. The van der Waals surface area contributed by atoms with Gasteiger partial charge in [0.2, 0.25) is 0 Å². The molecule has 16 heavy (non-hydrogen) atoms. The van der Waals surface area contributed by atoms with Crippen LogP contribution < -0.4 is 0 Å². The second-order valence-corrected chi connectivity index (χ2v) is 5.50. The zero-order chi connectivity index (χ0) is 12.3. The number of hydrogen-bond acceptors (Lipinski definition) is 0. The minimum atomic E-state index is -0.319. The van der Waals surface area contributed by atoms with Gasteiger partial charge in [0.05, 0.1) is 10.4 Å². The molecule has 0 aromatic heterocycles. The lowest BCUT2D eigenvalue weighted by Crippen LogP contribution is -2.07. The smallest absolute Gasteiger partial charge is 0.129 e. The highest BCUT2D eigenvalue weighted by atomic mass is 79.9. The Bertz CT molecular complexity index is 364. The summed E-state index contributed by atoms with van der Waals surface area (Å²) in [6.07, 6.45) is 1.86. The normalized spacial score (nSPS) is 13.2. The van der Waals surface area contributed by atoms with E-state index in [4.69, 9.17) is 23.2 Å². The minimum absolute atomic E-state index is 0.272. The molecule has 0 fully saturated rings. The summed E-state index contributed by atoms with van der Waals surface area (Å²) in [6, 6.07) is 2.98. The Morgan fingerprint density at radius 1 is 1.31 bits per heavy atom. The average Bonchev–Trinajstić information content (AvgIpc) is 2.25. The summed E-state index contributed by atoms with van der Waals surface area (Å²) in [4.78, 5) is 0. The van der Waals surface area contributed by atoms with Gasteiger partial charge in [0.25, 0.3) is 0 Å². The molecule has 0 amide bonds. The van der Waals surface area contributed by atoms with Crippen LogP contribution in [0.2, 0.25) is 5.02 Å². The molecule has 0 spiro atoms. The summed E-state index contributed by atoms with van der Waals surface area (Å²) in [6.45, 7) is 4.11. The van der Waals surface area contributed by atoms with Crippen LogP contribution in [0.5, 0.6) is 0 Å². The fourth-order valence-corrected chi connectivity index (χ4v) is 2.72. The molecule has 4 heteroatoms. The van der Waals surface area contributed by atoms with E-state index in [2.05, 4.69) is 29.8 Å². The fourth-order valence-electron chi connectivity index (χ4n) is 1.71. The molecule has 0 aliphatic rings. The standard InChI is InChI=1S/C12H14BrCl2F/c1-3-7(4-2)12(15)8-5-10(14)9(13)6-11(8)16/h5-7,12H,3-4H2,1-2H3. The third-order valence-corrected chi connectivity index (χ3v) is 4.59. The topological polar surface area (TPSA) is 0 Å². The molecule has 1 rings (SSSR count). The number of hydrogen-bond donors (Lipinski definition) is 0. The van der Waals surface area contributed by atoms with Crippen molar-refractivity contribution in [1.29, 1.82) is 0 Å². The van der Waals surface area contributed by atoms with E-state index in [1.54, 1.807) is 6.07 Å². The van der Waals surface area contributed by atoms with Crippen molar-refractivity contribution in [3.63, 3.8) is 0 Å². The van der Waals surface area contributed by atoms with Gasteiger partial charge in [-0.1, -0.05) is 38.3 Å². The van der Waals surface area contributed by atoms with Gasteiger partial charge in [0, 0.05) is 10.0 Å². The van der Waals surface area contributed by atoms with Crippen LogP contribution in [-0.2, 0) is 0 Å². The van der Waals surface area contributed by atoms with Crippen molar-refractivity contribution in [2.24, 2.45) is 5.92 Å². The zero-order valence-corrected chi connectivity index (χ0v) is 12.3. The molecule has 1 aromatic rings. The molecule has 0 saturated carbocycles. The summed E-state index contributed by atoms with van der Waals surface area (Å²) >= 11 is 15.4. The van der Waals surface area contributed by atoms with E-state index < -0.39 is 0 Å². The molecule has 0 nitrogen and oxygen atoms in total. The Labute approximate surface area is 114 Å². The minimum Gasteiger partial charge on any atom is -0.207 e. The molecule has 0 N–H and O–H groups in total. The van der Waals surface area contributed by atoms with Crippen LogP contribution in [0.3, 0.4) is 0 Å².